The van der Waals surface area contributed by atoms with E-state index in [4.69, 9.17) is 11.6 Å². The van der Waals surface area contributed by atoms with Crippen LogP contribution < -0.4 is 5.32 Å². The average molecular weight is 362 g/mol. The molecule has 1 N–H and O–H groups in total. The van der Waals surface area contributed by atoms with Crippen molar-refractivity contribution in [3.05, 3.63) is 76.6 Å². The third kappa shape index (κ3) is 5.43. The lowest BCUT2D eigenvalue weighted by molar-refractivity contribution is -0.141. The number of carbonyl (C=O) groups excluding carboxylic acids is 2. The van der Waals surface area contributed by atoms with Crippen molar-refractivity contribution in [3.63, 3.8) is 0 Å². The number of hydrogen-bond donors (Lipinski definition) is 1. The van der Waals surface area contributed by atoms with E-state index in [1.54, 1.807) is 42.5 Å². The molecule has 0 aliphatic rings. The highest BCUT2D eigenvalue weighted by Crippen LogP contribution is 2.25. The Balaban J connectivity index is 2.16. The minimum Gasteiger partial charge on any atom is -0.469 e. The smallest absolute Gasteiger partial charge is 0.307 e. The second-order valence-corrected chi connectivity index (χ2v) is 5.62. The van der Waals surface area contributed by atoms with Crippen molar-refractivity contribution in [2.75, 3.05) is 7.11 Å². The van der Waals surface area contributed by atoms with Crippen LogP contribution in [0.15, 0.2) is 54.6 Å². The Morgan fingerprint density at radius 2 is 1.88 bits per heavy atom. The molecule has 25 heavy (non-hydrogen) atoms. The summed E-state index contributed by atoms with van der Waals surface area (Å²) in [6, 6.07) is 12.3. The minimum atomic E-state index is -0.654. The van der Waals surface area contributed by atoms with Crippen LogP contribution in [0.3, 0.4) is 0 Å². The maximum atomic E-state index is 13.6. The molecule has 2 aromatic rings. The minimum absolute atomic E-state index is 0.0699. The number of benzene rings is 2. The largest absolute Gasteiger partial charge is 0.469 e. The second kappa shape index (κ2) is 8.99. The number of ether oxygens (including phenoxy) is 1. The van der Waals surface area contributed by atoms with Crippen LogP contribution in [0, 0.1) is 5.82 Å². The zero-order chi connectivity index (χ0) is 18.2. The monoisotopic (exact) mass is 361 g/mol. The molecule has 0 aliphatic carbocycles. The summed E-state index contributed by atoms with van der Waals surface area (Å²) in [5, 5.41) is 3.12. The number of hydrogen-bond acceptors (Lipinski definition) is 3. The van der Waals surface area contributed by atoms with E-state index in [0.717, 1.165) is 0 Å². The molecule has 1 amide bonds. The van der Waals surface area contributed by atoms with Crippen molar-refractivity contribution in [2.24, 2.45) is 0 Å². The number of carbonyl (C=O) groups is 2. The van der Waals surface area contributed by atoms with Crippen LogP contribution in [0.1, 0.15) is 23.6 Å². The molecular weight excluding hydrogens is 345 g/mol. The average Bonchev–Trinajstić information content (AvgIpc) is 2.61. The molecule has 0 saturated heterocycles. The lowest BCUT2D eigenvalue weighted by atomic mass is 10.0. The van der Waals surface area contributed by atoms with E-state index in [2.05, 4.69) is 10.1 Å². The molecule has 0 aromatic heterocycles. The predicted molar refractivity (Wildman–Crippen MR) is 94.4 cm³/mol. The van der Waals surface area contributed by atoms with Crippen molar-refractivity contribution in [1.29, 1.82) is 0 Å². The molecule has 0 heterocycles. The van der Waals surface area contributed by atoms with Crippen molar-refractivity contribution in [1.82, 2.24) is 5.32 Å². The van der Waals surface area contributed by atoms with Gasteiger partial charge in [0.25, 0.3) is 0 Å². The first-order chi connectivity index (χ1) is 12.0. The molecule has 1 atom stereocenters. The summed E-state index contributed by atoms with van der Waals surface area (Å²) in [5.41, 5.74) is 0.891. The number of halogens is 2. The lowest BCUT2D eigenvalue weighted by Crippen LogP contribution is -2.29. The molecule has 2 aromatic carbocycles. The van der Waals surface area contributed by atoms with Crippen LogP contribution in [-0.2, 0) is 14.3 Å². The van der Waals surface area contributed by atoms with E-state index in [1.165, 1.54) is 25.3 Å². The molecule has 0 bridgehead atoms. The summed E-state index contributed by atoms with van der Waals surface area (Å²) >= 11 is 6.15. The van der Waals surface area contributed by atoms with E-state index in [1.807, 2.05) is 0 Å². The third-order valence-electron chi connectivity index (χ3n) is 3.52. The molecular formula is C19H17ClFNO3. The normalized spacial score (nSPS) is 12.0. The van der Waals surface area contributed by atoms with Gasteiger partial charge in [0.1, 0.15) is 5.82 Å². The standard InChI is InChI=1S/C19H17ClFNO3/c1-25-19(24)12-17(14-7-3-4-8-15(14)20)22-18(23)11-10-13-6-2-5-9-16(13)21/h2-11,17H,12H2,1H3,(H,22,23)/b11-10+. The van der Waals surface area contributed by atoms with E-state index in [9.17, 15) is 14.0 Å². The topological polar surface area (TPSA) is 55.4 Å². The summed E-state index contributed by atoms with van der Waals surface area (Å²) in [6.07, 6.45) is 2.51. The molecule has 0 saturated carbocycles. The molecule has 6 heteroatoms. The van der Waals surface area contributed by atoms with Gasteiger partial charge < -0.3 is 10.1 Å². The van der Waals surface area contributed by atoms with Crippen LogP contribution in [0.5, 0.6) is 0 Å². The molecule has 0 spiro atoms. The number of esters is 1. The van der Waals surface area contributed by atoms with Gasteiger partial charge in [0.05, 0.1) is 19.6 Å². The van der Waals surface area contributed by atoms with Crippen LogP contribution in [0.2, 0.25) is 5.02 Å². The summed E-state index contributed by atoms with van der Waals surface area (Å²) < 4.78 is 18.2. The number of rotatable bonds is 6. The van der Waals surface area contributed by atoms with Crippen LogP contribution in [-0.4, -0.2) is 19.0 Å². The van der Waals surface area contributed by atoms with Gasteiger partial charge in [-0.1, -0.05) is 48.0 Å². The van der Waals surface area contributed by atoms with Crippen molar-refractivity contribution in [2.45, 2.75) is 12.5 Å². The Hall–Kier alpha value is -2.66. The first-order valence-electron chi connectivity index (χ1n) is 7.55. The fourth-order valence-corrected chi connectivity index (χ4v) is 2.51. The van der Waals surface area contributed by atoms with Gasteiger partial charge in [-0.05, 0) is 23.8 Å². The van der Waals surface area contributed by atoms with Crippen LogP contribution in [0.25, 0.3) is 6.08 Å². The van der Waals surface area contributed by atoms with E-state index in [0.29, 0.717) is 16.1 Å². The lowest BCUT2D eigenvalue weighted by Gasteiger charge is -2.18. The molecule has 0 aliphatic heterocycles. The highest BCUT2D eigenvalue weighted by molar-refractivity contribution is 6.31. The molecule has 1 unspecified atom stereocenters. The quantitative estimate of drug-likeness (QED) is 0.627. The van der Waals surface area contributed by atoms with Gasteiger partial charge >= 0.3 is 5.97 Å². The Labute approximate surface area is 150 Å². The molecule has 4 nitrogen and oxygen atoms in total. The Kier molecular flexibility index (Phi) is 6.71. The summed E-state index contributed by atoms with van der Waals surface area (Å²) in [6.45, 7) is 0. The van der Waals surface area contributed by atoms with Gasteiger partial charge in [-0.2, -0.15) is 0 Å². The molecule has 2 rings (SSSR count). The Morgan fingerprint density at radius 1 is 1.20 bits per heavy atom. The van der Waals surface area contributed by atoms with E-state index < -0.39 is 23.7 Å². The molecule has 0 radical (unpaired) electrons. The van der Waals surface area contributed by atoms with Gasteiger partial charge in [-0.3, -0.25) is 9.59 Å². The van der Waals surface area contributed by atoms with Gasteiger partial charge in [0.2, 0.25) is 5.91 Å². The summed E-state index contributed by atoms with van der Waals surface area (Å²) in [7, 11) is 1.27. The van der Waals surface area contributed by atoms with Gasteiger partial charge in [0.15, 0.2) is 0 Å². The zero-order valence-corrected chi connectivity index (χ0v) is 14.3. The highest BCUT2D eigenvalue weighted by atomic mass is 35.5. The fraction of sp³-hybridized carbons (Fsp3) is 0.158. The van der Waals surface area contributed by atoms with Gasteiger partial charge in [-0.15, -0.1) is 0 Å². The predicted octanol–water partition coefficient (Wildman–Crippen LogP) is 3.91. The van der Waals surface area contributed by atoms with Crippen molar-refractivity contribution in [3.8, 4) is 0 Å². The first kappa shape index (κ1) is 18.7. The van der Waals surface area contributed by atoms with Crippen LogP contribution >= 0.6 is 11.6 Å². The highest BCUT2D eigenvalue weighted by Gasteiger charge is 2.20. The summed E-state index contributed by atoms with van der Waals surface area (Å²) in [4.78, 5) is 23.8. The number of nitrogens with one attached hydrogen (secondary N) is 1. The van der Waals surface area contributed by atoms with E-state index in [-0.39, 0.29) is 6.42 Å². The van der Waals surface area contributed by atoms with E-state index >= 15 is 0 Å². The van der Waals surface area contributed by atoms with Crippen molar-refractivity contribution >= 4 is 29.6 Å². The maximum absolute atomic E-state index is 13.6. The van der Waals surface area contributed by atoms with Crippen LogP contribution in [0.4, 0.5) is 4.39 Å². The maximum Gasteiger partial charge on any atom is 0.307 e. The fourth-order valence-electron chi connectivity index (χ4n) is 2.24. The number of amides is 1. The molecule has 0 fully saturated rings. The zero-order valence-electron chi connectivity index (χ0n) is 13.5. The van der Waals surface area contributed by atoms with Gasteiger partial charge in [0, 0.05) is 16.7 Å². The number of methoxy groups -OCH3 is 1. The Morgan fingerprint density at radius 3 is 2.56 bits per heavy atom. The summed E-state index contributed by atoms with van der Waals surface area (Å²) in [5.74, 6) is -1.39. The third-order valence-corrected chi connectivity index (χ3v) is 3.86. The second-order valence-electron chi connectivity index (χ2n) is 5.22. The SMILES string of the molecule is COC(=O)CC(NC(=O)/C=C/c1ccccc1F)c1ccccc1Cl. The first-order valence-corrected chi connectivity index (χ1v) is 7.93. The molecule has 130 valence electrons. The van der Waals surface area contributed by atoms with Crippen molar-refractivity contribution < 1.29 is 18.7 Å². The van der Waals surface area contributed by atoms with Gasteiger partial charge in [-0.25, -0.2) is 4.39 Å². The Bertz CT molecular complexity index is 792.